The summed E-state index contributed by atoms with van der Waals surface area (Å²) in [4.78, 5) is 18.6. The summed E-state index contributed by atoms with van der Waals surface area (Å²) in [6.07, 6.45) is 4.17. The lowest BCUT2D eigenvalue weighted by Crippen LogP contribution is -2.43. The molecule has 0 spiro atoms. The van der Waals surface area contributed by atoms with Crippen LogP contribution < -0.4 is 20.0 Å². The predicted molar refractivity (Wildman–Crippen MR) is 138 cm³/mol. The van der Waals surface area contributed by atoms with Crippen LogP contribution in [0.15, 0.2) is 48.5 Å². The second kappa shape index (κ2) is 10.6. The average Bonchev–Trinajstić information content (AvgIpc) is 3.26. The molecule has 1 aliphatic heterocycles. The Hall–Kier alpha value is -2.97. The van der Waals surface area contributed by atoms with E-state index in [4.69, 9.17) is 37.8 Å². The summed E-state index contributed by atoms with van der Waals surface area (Å²) in [6, 6.07) is 13.6. The van der Waals surface area contributed by atoms with Crippen molar-refractivity contribution in [3.63, 3.8) is 0 Å². The largest absolute Gasteiger partial charge is 0.491 e. The number of hydrogen-bond donors (Lipinski definition) is 3. The summed E-state index contributed by atoms with van der Waals surface area (Å²) in [7, 11) is 0. The molecule has 3 aromatic rings. The molecule has 5 rings (SSSR count). The van der Waals surface area contributed by atoms with Gasteiger partial charge in [0.1, 0.15) is 30.3 Å². The number of alkyl halides is 1. The summed E-state index contributed by atoms with van der Waals surface area (Å²) < 4.78 is 11.3. The highest BCUT2D eigenvalue weighted by atomic mass is 35.5. The number of aliphatic hydroxyl groups is 2. The number of carbonyl (C=O) groups is 1. The molecule has 1 amide bonds. The summed E-state index contributed by atoms with van der Waals surface area (Å²) in [5.41, 5.74) is 2.96. The van der Waals surface area contributed by atoms with E-state index in [9.17, 15) is 9.90 Å². The number of aromatic nitrogens is 1. The molecule has 1 aliphatic carbocycles. The molecule has 0 saturated heterocycles. The molecule has 0 fully saturated rings. The van der Waals surface area contributed by atoms with E-state index >= 15 is 0 Å². The molecule has 1 unspecified atom stereocenters. The van der Waals surface area contributed by atoms with Crippen LogP contribution in [-0.2, 0) is 6.42 Å². The minimum Gasteiger partial charge on any atom is -0.491 e. The average molecular weight is 529 g/mol. The first kappa shape index (κ1) is 24.7. The highest BCUT2D eigenvalue weighted by Crippen LogP contribution is 2.34. The van der Waals surface area contributed by atoms with E-state index < -0.39 is 18.2 Å². The van der Waals surface area contributed by atoms with Crippen molar-refractivity contribution < 1.29 is 24.5 Å². The fraction of sp³-hybridized carbons (Fsp3) is 0.296. The van der Waals surface area contributed by atoms with Crippen molar-refractivity contribution in [3.8, 4) is 11.5 Å². The number of H-pyrrole nitrogens is 1. The zero-order valence-electron chi connectivity index (χ0n) is 19.4. The van der Waals surface area contributed by atoms with Gasteiger partial charge >= 0.3 is 6.09 Å². The number of benzene rings is 2. The maximum Gasteiger partial charge on any atom is 0.416 e. The number of amides is 1. The van der Waals surface area contributed by atoms with Crippen molar-refractivity contribution in [1.82, 2.24) is 9.88 Å². The Morgan fingerprint density at radius 3 is 2.58 bits per heavy atom. The number of carbonyl (C=O) groups excluding carboxylic acids is 1. The third-order valence-corrected chi connectivity index (χ3v) is 6.95. The van der Waals surface area contributed by atoms with Crippen molar-refractivity contribution in [2.45, 2.75) is 30.4 Å². The molecule has 2 aromatic carbocycles. The van der Waals surface area contributed by atoms with Crippen LogP contribution in [0.3, 0.4) is 0 Å². The number of nitrogens with one attached hydrogen (secondary N) is 1. The van der Waals surface area contributed by atoms with E-state index in [1.165, 1.54) is 0 Å². The van der Waals surface area contributed by atoms with Gasteiger partial charge < -0.3 is 24.7 Å². The first-order chi connectivity index (χ1) is 17.4. The molecule has 0 radical (unpaired) electrons. The van der Waals surface area contributed by atoms with E-state index in [0.29, 0.717) is 29.5 Å². The van der Waals surface area contributed by atoms with Gasteiger partial charge in [0.25, 0.3) is 0 Å². The predicted octanol–water partition coefficient (Wildman–Crippen LogP) is 3.12. The monoisotopic (exact) mass is 528 g/mol. The lowest BCUT2D eigenvalue weighted by molar-refractivity contribution is 0.0536. The SMILES string of the molecule is O=C(Oc1ccc(Cl)cc1)N1CCc2c([nH]c3c2=CC(Cl)CC=3)[C@@H]1c1ccc(OC[C@H](O)CO)cc1. The topological polar surface area (TPSA) is 95.0 Å². The minimum atomic E-state index is -0.952. The normalized spacial score (nSPS) is 19.4. The molecule has 9 heteroatoms. The fourth-order valence-corrected chi connectivity index (χ4v) is 4.98. The molecule has 3 atom stereocenters. The fourth-order valence-electron chi connectivity index (χ4n) is 4.64. The molecular formula is C27H26Cl2N2O5. The van der Waals surface area contributed by atoms with E-state index in [1.807, 2.05) is 12.1 Å². The summed E-state index contributed by atoms with van der Waals surface area (Å²) in [5.74, 6) is 0.965. The molecule has 3 N–H and O–H groups in total. The number of ether oxygens (including phenoxy) is 2. The zero-order valence-corrected chi connectivity index (χ0v) is 20.9. The van der Waals surface area contributed by atoms with Crippen LogP contribution in [0.4, 0.5) is 4.79 Å². The quantitative estimate of drug-likeness (QED) is 0.427. The van der Waals surface area contributed by atoms with Gasteiger partial charge in [-0.15, -0.1) is 11.6 Å². The minimum absolute atomic E-state index is 0.0163. The Labute approximate surface area is 218 Å². The van der Waals surface area contributed by atoms with Gasteiger partial charge in [-0.25, -0.2) is 4.79 Å². The van der Waals surface area contributed by atoms with Crippen molar-refractivity contribution >= 4 is 41.4 Å². The number of aliphatic hydroxyl groups excluding tert-OH is 2. The van der Waals surface area contributed by atoms with Crippen LogP contribution in [0, 0.1) is 0 Å². The van der Waals surface area contributed by atoms with Gasteiger partial charge in [0.05, 0.1) is 12.0 Å². The Balaban J connectivity index is 1.49. The van der Waals surface area contributed by atoms with Crippen molar-refractivity contribution in [1.29, 1.82) is 0 Å². The third kappa shape index (κ3) is 5.11. The number of fused-ring (bicyclic) bond motifs is 3. The second-order valence-corrected chi connectivity index (χ2v) is 9.85. The molecule has 2 aliphatic rings. The van der Waals surface area contributed by atoms with E-state index in [0.717, 1.165) is 33.8 Å². The number of halogens is 2. The Bertz CT molecular complexity index is 1350. The van der Waals surface area contributed by atoms with Gasteiger partial charge in [-0.3, -0.25) is 4.90 Å². The lowest BCUT2D eigenvalue weighted by atomic mass is 9.92. The van der Waals surface area contributed by atoms with E-state index in [-0.39, 0.29) is 18.6 Å². The summed E-state index contributed by atoms with van der Waals surface area (Å²) in [6.45, 7) is 0.0794. The molecule has 1 aromatic heterocycles. The van der Waals surface area contributed by atoms with Gasteiger partial charge in [0.15, 0.2) is 0 Å². The first-order valence-corrected chi connectivity index (χ1v) is 12.6. The molecule has 188 valence electrons. The first-order valence-electron chi connectivity index (χ1n) is 11.8. The van der Waals surface area contributed by atoms with Crippen LogP contribution >= 0.6 is 23.2 Å². The summed E-state index contributed by atoms with van der Waals surface area (Å²) in [5, 5.41) is 21.2. The molecule has 36 heavy (non-hydrogen) atoms. The highest BCUT2D eigenvalue weighted by molar-refractivity contribution is 6.30. The number of rotatable bonds is 6. The maximum absolute atomic E-state index is 13.4. The highest BCUT2D eigenvalue weighted by Gasteiger charge is 2.35. The molecule has 0 saturated carbocycles. The maximum atomic E-state index is 13.4. The van der Waals surface area contributed by atoms with Crippen molar-refractivity contribution in [2.75, 3.05) is 19.8 Å². The Morgan fingerprint density at radius 2 is 1.86 bits per heavy atom. The van der Waals surface area contributed by atoms with Gasteiger partial charge in [0.2, 0.25) is 0 Å². The van der Waals surface area contributed by atoms with Crippen molar-refractivity contribution in [3.05, 3.63) is 80.9 Å². The van der Waals surface area contributed by atoms with Crippen molar-refractivity contribution in [2.24, 2.45) is 0 Å². The van der Waals surface area contributed by atoms with Crippen LogP contribution in [0.1, 0.15) is 29.3 Å². The molecule has 2 heterocycles. The van der Waals surface area contributed by atoms with Gasteiger partial charge in [-0.1, -0.05) is 35.9 Å². The number of nitrogens with zero attached hydrogens (tertiary/aromatic N) is 1. The Morgan fingerprint density at radius 1 is 1.14 bits per heavy atom. The van der Waals surface area contributed by atoms with Gasteiger partial charge in [-0.2, -0.15) is 0 Å². The standard InChI is InChI=1S/C27H26Cl2N2O5/c28-17-3-8-21(9-4-17)36-27(34)31-12-11-22-23-13-18(29)5-10-24(23)30-25(22)26(31)16-1-6-20(7-2-16)35-15-19(33)14-32/h1-4,6-10,13,18-19,26,30,32-33H,5,11-12,14-15H2/t18?,19-,26+/m1/s1. The number of hydrogen-bond acceptors (Lipinski definition) is 5. The van der Waals surface area contributed by atoms with Gasteiger partial charge in [-0.05, 0) is 60.4 Å². The van der Waals surface area contributed by atoms with E-state index in [1.54, 1.807) is 41.3 Å². The lowest BCUT2D eigenvalue weighted by Gasteiger charge is -2.35. The van der Waals surface area contributed by atoms with Gasteiger partial charge in [0, 0.05) is 27.8 Å². The zero-order chi connectivity index (χ0) is 25.2. The second-order valence-electron chi connectivity index (χ2n) is 8.85. The van der Waals surface area contributed by atoms with Crippen LogP contribution in [0.25, 0.3) is 12.2 Å². The summed E-state index contributed by atoms with van der Waals surface area (Å²) >= 11 is 12.4. The van der Waals surface area contributed by atoms with Crippen LogP contribution in [0.5, 0.6) is 11.5 Å². The molecule has 7 nitrogen and oxygen atoms in total. The smallest absolute Gasteiger partial charge is 0.416 e. The third-order valence-electron chi connectivity index (χ3n) is 6.39. The van der Waals surface area contributed by atoms with E-state index in [2.05, 4.69) is 17.1 Å². The molecule has 0 bridgehead atoms. The number of aromatic amines is 1. The van der Waals surface area contributed by atoms with Crippen LogP contribution in [0.2, 0.25) is 5.02 Å². The Kier molecular flexibility index (Phi) is 7.25. The molecular weight excluding hydrogens is 503 g/mol. The van der Waals surface area contributed by atoms with Crippen LogP contribution in [-0.4, -0.2) is 57.4 Å².